The number of amides is 3. The number of hydrogen-bond acceptors (Lipinski definition) is 3. The summed E-state index contributed by atoms with van der Waals surface area (Å²) < 4.78 is 0. The second kappa shape index (κ2) is 6.32. The standard InChI is InChI=1S/C14H23N3O4/c1-15-11(18)10-3-7-17(8-4-10)13(21)16-9-14(12(19)20)5-2-6-14/h10H,2-9H2,1H3,(H,15,18)(H,16,21)(H,19,20). The van der Waals surface area contributed by atoms with Crippen LogP contribution in [0.5, 0.6) is 0 Å². The molecule has 1 aliphatic heterocycles. The SMILES string of the molecule is CNC(=O)C1CCN(C(=O)NCC2(C(=O)O)CCC2)CC1. The summed E-state index contributed by atoms with van der Waals surface area (Å²) in [6, 6.07) is -0.224. The van der Waals surface area contributed by atoms with Crippen molar-refractivity contribution in [3.8, 4) is 0 Å². The molecule has 7 heteroatoms. The summed E-state index contributed by atoms with van der Waals surface area (Å²) in [6.07, 6.45) is 3.46. The Kier molecular flexibility index (Phi) is 4.69. The fraction of sp³-hybridized carbons (Fsp3) is 0.786. The highest BCUT2D eigenvalue weighted by Gasteiger charge is 2.44. The van der Waals surface area contributed by atoms with Gasteiger partial charge in [0.05, 0.1) is 5.41 Å². The molecule has 0 aromatic carbocycles. The Morgan fingerprint density at radius 2 is 1.86 bits per heavy atom. The van der Waals surface area contributed by atoms with Gasteiger partial charge >= 0.3 is 12.0 Å². The van der Waals surface area contributed by atoms with Gasteiger partial charge in [-0.3, -0.25) is 9.59 Å². The van der Waals surface area contributed by atoms with Crippen LogP contribution in [-0.2, 0) is 9.59 Å². The van der Waals surface area contributed by atoms with Crippen molar-refractivity contribution >= 4 is 17.9 Å². The summed E-state index contributed by atoms with van der Waals surface area (Å²) in [5, 5.41) is 14.6. The van der Waals surface area contributed by atoms with Gasteiger partial charge in [-0.25, -0.2) is 4.79 Å². The van der Waals surface area contributed by atoms with Crippen molar-refractivity contribution in [3.05, 3.63) is 0 Å². The zero-order chi connectivity index (χ0) is 15.5. The lowest BCUT2D eigenvalue weighted by Crippen LogP contribution is -2.52. The summed E-state index contributed by atoms with van der Waals surface area (Å²) in [7, 11) is 1.62. The van der Waals surface area contributed by atoms with Gasteiger partial charge in [-0.05, 0) is 25.7 Å². The predicted molar refractivity (Wildman–Crippen MR) is 75.7 cm³/mol. The van der Waals surface area contributed by atoms with Crippen molar-refractivity contribution in [2.24, 2.45) is 11.3 Å². The molecule has 1 heterocycles. The zero-order valence-corrected chi connectivity index (χ0v) is 12.4. The summed E-state index contributed by atoms with van der Waals surface area (Å²) in [6.45, 7) is 1.25. The molecular weight excluding hydrogens is 274 g/mol. The third-order valence-electron chi connectivity index (χ3n) is 4.74. The summed E-state index contributed by atoms with van der Waals surface area (Å²) in [4.78, 5) is 36.5. The second-order valence-corrected chi connectivity index (χ2v) is 5.97. The molecule has 0 radical (unpaired) electrons. The predicted octanol–water partition coefficient (Wildman–Crippen LogP) is 0.409. The third kappa shape index (κ3) is 3.28. The highest BCUT2D eigenvalue weighted by atomic mass is 16.4. The number of carboxylic acid groups (broad SMARTS) is 1. The largest absolute Gasteiger partial charge is 0.481 e. The van der Waals surface area contributed by atoms with E-state index in [-0.39, 0.29) is 24.4 Å². The van der Waals surface area contributed by atoms with Crippen LogP contribution >= 0.6 is 0 Å². The molecule has 0 bridgehead atoms. The molecule has 1 saturated heterocycles. The van der Waals surface area contributed by atoms with E-state index in [1.54, 1.807) is 11.9 Å². The smallest absolute Gasteiger partial charge is 0.317 e. The quantitative estimate of drug-likeness (QED) is 0.700. The van der Waals surface area contributed by atoms with Crippen LogP contribution in [0, 0.1) is 11.3 Å². The van der Waals surface area contributed by atoms with E-state index >= 15 is 0 Å². The number of hydrogen-bond donors (Lipinski definition) is 3. The lowest BCUT2D eigenvalue weighted by molar-refractivity contribution is -0.153. The van der Waals surface area contributed by atoms with Crippen molar-refractivity contribution in [1.82, 2.24) is 15.5 Å². The molecule has 0 aromatic rings. The molecule has 0 unspecified atom stereocenters. The molecule has 0 aromatic heterocycles. The van der Waals surface area contributed by atoms with Crippen LogP contribution in [0.1, 0.15) is 32.1 Å². The number of nitrogens with zero attached hydrogens (tertiary/aromatic N) is 1. The van der Waals surface area contributed by atoms with E-state index in [0.29, 0.717) is 38.8 Å². The van der Waals surface area contributed by atoms with E-state index in [1.165, 1.54) is 0 Å². The molecule has 1 saturated carbocycles. The summed E-state index contributed by atoms with van der Waals surface area (Å²) in [5.41, 5.74) is -0.768. The molecule has 3 N–H and O–H groups in total. The molecule has 2 fully saturated rings. The van der Waals surface area contributed by atoms with Crippen LogP contribution in [0.15, 0.2) is 0 Å². The van der Waals surface area contributed by atoms with Crippen LogP contribution < -0.4 is 10.6 Å². The molecule has 3 amide bonds. The van der Waals surface area contributed by atoms with Gasteiger partial charge in [-0.2, -0.15) is 0 Å². The molecular formula is C14H23N3O4. The third-order valence-corrected chi connectivity index (χ3v) is 4.74. The van der Waals surface area contributed by atoms with Crippen molar-refractivity contribution in [2.45, 2.75) is 32.1 Å². The number of carbonyl (C=O) groups excluding carboxylic acids is 2. The van der Waals surface area contributed by atoms with Gasteiger partial charge in [0.15, 0.2) is 0 Å². The van der Waals surface area contributed by atoms with Crippen molar-refractivity contribution in [3.63, 3.8) is 0 Å². The molecule has 1 aliphatic carbocycles. The number of rotatable bonds is 4. The maximum absolute atomic E-state index is 12.1. The summed E-state index contributed by atoms with van der Waals surface area (Å²) in [5.74, 6) is -0.835. The number of carbonyl (C=O) groups is 3. The fourth-order valence-electron chi connectivity index (χ4n) is 2.98. The van der Waals surface area contributed by atoms with Crippen molar-refractivity contribution in [1.29, 1.82) is 0 Å². The van der Waals surface area contributed by atoms with E-state index in [9.17, 15) is 19.5 Å². The van der Waals surface area contributed by atoms with Gasteiger partial charge in [-0.1, -0.05) is 6.42 Å². The number of aliphatic carboxylic acids is 1. The van der Waals surface area contributed by atoms with Gasteiger partial charge in [0.25, 0.3) is 0 Å². The first kappa shape index (κ1) is 15.6. The van der Waals surface area contributed by atoms with Crippen molar-refractivity contribution < 1.29 is 19.5 Å². The topological polar surface area (TPSA) is 98.7 Å². The first-order chi connectivity index (χ1) is 9.98. The Balaban J connectivity index is 1.77. The van der Waals surface area contributed by atoms with E-state index in [2.05, 4.69) is 10.6 Å². The molecule has 2 aliphatic rings. The number of nitrogens with one attached hydrogen (secondary N) is 2. The minimum atomic E-state index is -0.827. The second-order valence-electron chi connectivity index (χ2n) is 5.97. The Labute approximate surface area is 124 Å². The van der Waals surface area contributed by atoms with E-state index in [1.807, 2.05) is 0 Å². The number of likely N-dealkylation sites (tertiary alicyclic amines) is 1. The molecule has 118 valence electrons. The van der Waals surface area contributed by atoms with E-state index in [4.69, 9.17) is 0 Å². The monoisotopic (exact) mass is 297 g/mol. The number of piperidine rings is 1. The first-order valence-electron chi connectivity index (χ1n) is 7.46. The maximum atomic E-state index is 12.1. The minimum Gasteiger partial charge on any atom is -0.481 e. The Morgan fingerprint density at radius 3 is 2.29 bits per heavy atom. The molecule has 0 spiro atoms. The lowest BCUT2D eigenvalue weighted by Gasteiger charge is -2.38. The molecule has 2 rings (SSSR count). The minimum absolute atomic E-state index is 0.0226. The zero-order valence-electron chi connectivity index (χ0n) is 12.4. The van der Waals surface area contributed by atoms with E-state index < -0.39 is 11.4 Å². The normalized spacial score (nSPS) is 21.3. The Morgan fingerprint density at radius 1 is 1.24 bits per heavy atom. The van der Waals surface area contributed by atoms with Gasteiger partial charge in [-0.15, -0.1) is 0 Å². The average molecular weight is 297 g/mol. The summed E-state index contributed by atoms with van der Waals surface area (Å²) >= 11 is 0. The van der Waals surface area contributed by atoms with Gasteiger partial charge < -0.3 is 20.6 Å². The fourth-order valence-corrected chi connectivity index (χ4v) is 2.98. The maximum Gasteiger partial charge on any atom is 0.317 e. The van der Waals surface area contributed by atoms with Gasteiger partial charge in [0.2, 0.25) is 5.91 Å². The van der Waals surface area contributed by atoms with E-state index in [0.717, 1.165) is 6.42 Å². The Hall–Kier alpha value is -1.79. The highest BCUT2D eigenvalue weighted by Crippen LogP contribution is 2.40. The highest BCUT2D eigenvalue weighted by molar-refractivity contribution is 5.80. The Bertz CT molecular complexity index is 426. The van der Waals surface area contributed by atoms with Crippen LogP contribution in [0.3, 0.4) is 0 Å². The van der Waals surface area contributed by atoms with Crippen LogP contribution in [0.2, 0.25) is 0 Å². The van der Waals surface area contributed by atoms with Crippen LogP contribution in [-0.4, -0.2) is 54.6 Å². The molecule has 21 heavy (non-hydrogen) atoms. The molecule has 7 nitrogen and oxygen atoms in total. The number of carboxylic acids is 1. The first-order valence-corrected chi connectivity index (χ1v) is 7.46. The van der Waals surface area contributed by atoms with Crippen molar-refractivity contribution in [2.75, 3.05) is 26.7 Å². The average Bonchev–Trinajstić information content (AvgIpc) is 2.44. The van der Waals surface area contributed by atoms with Crippen LogP contribution in [0.25, 0.3) is 0 Å². The lowest BCUT2D eigenvalue weighted by atomic mass is 9.69. The molecule has 0 atom stereocenters. The number of urea groups is 1. The van der Waals surface area contributed by atoms with Crippen LogP contribution in [0.4, 0.5) is 4.79 Å². The van der Waals surface area contributed by atoms with Gasteiger partial charge in [0.1, 0.15) is 0 Å². The van der Waals surface area contributed by atoms with Gasteiger partial charge in [0, 0.05) is 32.6 Å².